The summed E-state index contributed by atoms with van der Waals surface area (Å²) in [4.78, 5) is 0. The summed E-state index contributed by atoms with van der Waals surface area (Å²) < 4.78 is 33.8. The lowest BCUT2D eigenvalue weighted by Crippen LogP contribution is -2.30. The van der Waals surface area contributed by atoms with Crippen molar-refractivity contribution in [2.45, 2.75) is 30.9 Å². The van der Waals surface area contributed by atoms with Gasteiger partial charge < -0.3 is 8.98 Å². The molecule has 0 spiro atoms. The van der Waals surface area contributed by atoms with Crippen molar-refractivity contribution in [2.75, 3.05) is 10.6 Å². The molecule has 2 heterocycles. The third-order valence-corrected chi connectivity index (χ3v) is 6.74. The number of benzene rings is 2. The van der Waals surface area contributed by atoms with Gasteiger partial charge >= 0.3 is 0 Å². The van der Waals surface area contributed by atoms with Crippen molar-refractivity contribution >= 4 is 27.5 Å². The van der Waals surface area contributed by atoms with Crippen molar-refractivity contribution in [3.05, 3.63) is 72.4 Å². The van der Waals surface area contributed by atoms with E-state index in [1.807, 2.05) is 47.9 Å². The fourth-order valence-corrected chi connectivity index (χ4v) is 4.83. The summed E-state index contributed by atoms with van der Waals surface area (Å²) >= 11 is 1.41. The number of hydrogen-bond donors (Lipinski definition) is 0. The van der Waals surface area contributed by atoms with E-state index >= 15 is 0 Å². The van der Waals surface area contributed by atoms with Crippen molar-refractivity contribution < 1.29 is 12.8 Å². The van der Waals surface area contributed by atoms with Crippen LogP contribution in [0.25, 0.3) is 11.5 Å². The summed E-state index contributed by atoms with van der Waals surface area (Å²) in [5.41, 5.74) is 1.44. The number of aromatic nitrogens is 5. The van der Waals surface area contributed by atoms with E-state index in [9.17, 15) is 8.42 Å². The molecule has 2 aromatic heterocycles. The number of thioether (sulfide) groups is 1. The van der Waals surface area contributed by atoms with Crippen molar-refractivity contribution in [1.82, 2.24) is 25.0 Å². The first-order valence-corrected chi connectivity index (χ1v) is 12.7. The van der Waals surface area contributed by atoms with Crippen LogP contribution in [-0.4, -0.2) is 39.6 Å². The number of anilines is 1. The minimum atomic E-state index is -3.50. The minimum absolute atomic E-state index is 0.0863. The second kappa shape index (κ2) is 9.53. The first kappa shape index (κ1) is 22.0. The van der Waals surface area contributed by atoms with Crippen LogP contribution in [0.5, 0.6) is 0 Å². The van der Waals surface area contributed by atoms with Crippen LogP contribution in [0.4, 0.5) is 5.69 Å². The van der Waals surface area contributed by atoms with Gasteiger partial charge in [-0.1, -0.05) is 48.2 Å². The zero-order valence-corrected chi connectivity index (χ0v) is 19.3. The zero-order valence-electron chi connectivity index (χ0n) is 17.6. The molecule has 0 atom stereocenters. The van der Waals surface area contributed by atoms with Gasteiger partial charge in [0.1, 0.15) is 0 Å². The van der Waals surface area contributed by atoms with Gasteiger partial charge in [0.15, 0.2) is 11.0 Å². The number of rotatable bonds is 9. The van der Waals surface area contributed by atoms with Gasteiger partial charge in [0, 0.05) is 12.1 Å². The highest BCUT2D eigenvalue weighted by molar-refractivity contribution is 7.98. The zero-order chi connectivity index (χ0) is 22.6. The van der Waals surface area contributed by atoms with Crippen LogP contribution in [0.2, 0.25) is 0 Å². The lowest BCUT2D eigenvalue weighted by atomic mass is 10.2. The molecule has 0 bridgehead atoms. The fourth-order valence-electron chi connectivity index (χ4n) is 3.12. The smallest absolute Gasteiger partial charge is 0.247 e. The van der Waals surface area contributed by atoms with Gasteiger partial charge in [-0.15, -0.1) is 20.4 Å². The van der Waals surface area contributed by atoms with E-state index in [1.54, 1.807) is 24.3 Å². The quantitative estimate of drug-likeness (QED) is 0.342. The molecule has 0 aliphatic carbocycles. The maximum atomic E-state index is 12.4. The predicted molar refractivity (Wildman–Crippen MR) is 122 cm³/mol. The van der Waals surface area contributed by atoms with Gasteiger partial charge in [-0.3, -0.25) is 4.31 Å². The lowest BCUT2D eigenvalue weighted by molar-refractivity contribution is 0.528. The first-order valence-electron chi connectivity index (χ1n) is 9.91. The largest absolute Gasteiger partial charge is 0.420 e. The summed E-state index contributed by atoms with van der Waals surface area (Å²) in [5.74, 6) is 1.92. The topological polar surface area (TPSA) is 107 Å². The van der Waals surface area contributed by atoms with E-state index in [1.165, 1.54) is 22.3 Å². The highest BCUT2D eigenvalue weighted by Gasteiger charge is 2.22. The normalized spacial score (nSPS) is 11.6. The average Bonchev–Trinajstić information content (AvgIpc) is 3.43. The van der Waals surface area contributed by atoms with E-state index in [0.29, 0.717) is 40.7 Å². The SMILES string of the molecule is CCn1c(CN(c2ccccc2)S(C)(=O)=O)nnc1SCc1nnc(-c2ccccc2)o1. The second-order valence-corrected chi connectivity index (χ2v) is 9.75. The van der Waals surface area contributed by atoms with Crippen LogP contribution in [0.3, 0.4) is 0 Å². The van der Waals surface area contributed by atoms with E-state index in [-0.39, 0.29) is 6.54 Å². The van der Waals surface area contributed by atoms with Gasteiger partial charge in [-0.05, 0) is 31.2 Å². The Morgan fingerprint density at radius 3 is 2.31 bits per heavy atom. The Kier molecular flexibility index (Phi) is 6.56. The lowest BCUT2D eigenvalue weighted by Gasteiger charge is -2.22. The Bertz CT molecular complexity index is 1270. The molecular formula is C21H22N6O3S2. The van der Waals surface area contributed by atoms with Crippen molar-refractivity contribution in [3.8, 4) is 11.5 Å². The van der Waals surface area contributed by atoms with Gasteiger partial charge in [0.25, 0.3) is 0 Å². The summed E-state index contributed by atoms with van der Waals surface area (Å²) in [6, 6.07) is 18.5. The molecule has 0 saturated heterocycles. The summed E-state index contributed by atoms with van der Waals surface area (Å²) in [6.07, 6.45) is 1.18. The highest BCUT2D eigenvalue weighted by atomic mass is 32.2. The van der Waals surface area contributed by atoms with Crippen molar-refractivity contribution in [3.63, 3.8) is 0 Å². The minimum Gasteiger partial charge on any atom is -0.420 e. The van der Waals surface area contributed by atoms with Crippen molar-refractivity contribution in [2.24, 2.45) is 0 Å². The number of sulfonamides is 1. The molecule has 0 fully saturated rings. The molecule has 32 heavy (non-hydrogen) atoms. The fraction of sp³-hybridized carbons (Fsp3) is 0.238. The van der Waals surface area contributed by atoms with Gasteiger partial charge in [-0.25, -0.2) is 8.42 Å². The van der Waals surface area contributed by atoms with E-state index in [2.05, 4.69) is 20.4 Å². The molecule has 0 radical (unpaired) electrons. The monoisotopic (exact) mass is 470 g/mol. The predicted octanol–water partition coefficient (Wildman–Crippen LogP) is 3.61. The summed E-state index contributed by atoms with van der Waals surface area (Å²) in [7, 11) is -3.50. The van der Waals surface area contributed by atoms with Crippen LogP contribution in [0.15, 0.2) is 70.2 Å². The summed E-state index contributed by atoms with van der Waals surface area (Å²) in [6.45, 7) is 2.64. The van der Waals surface area contributed by atoms with Gasteiger partial charge in [0.05, 0.1) is 24.2 Å². The highest BCUT2D eigenvalue weighted by Crippen LogP contribution is 2.26. The molecule has 4 aromatic rings. The maximum absolute atomic E-state index is 12.4. The molecule has 0 aliphatic heterocycles. The number of hydrogen-bond acceptors (Lipinski definition) is 8. The Morgan fingerprint density at radius 1 is 0.969 bits per heavy atom. The molecule has 0 N–H and O–H groups in total. The molecule has 0 unspecified atom stereocenters. The Hall–Kier alpha value is -3.18. The number of nitrogens with zero attached hydrogens (tertiary/aromatic N) is 6. The van der Waals surface area contributed by atoms with Gasteiger partial charge in [-0.2, -0.15) is 0 Å². The molecule has 4 rings (SSSR count). The molecule has 0 amide bonds. The molecular weight excluding hydrogens is 448 g/mol. The third-order valence-electron chi connectivity index (χ3n) is 4.65. The molecule has 166 valence electrons. The van der Waals surface area contributed by atoms with Crippen LogP contribution >= 0.6 is 11.8 Å². The van der Waals surface area contributed by atoms with E-state index < -0.39 is 10.0 Å². The van der Waals surface area contributed by atoms with Gasteiger partial charge in [0.2, 0.25) is 21.8 Å². The Labute approximate surface area is 190 Å². The first-order chi connectivity index (χ1) is 15.5. The standard InChI is InChI=1S/C21H22N6O3S2/c1-3-26-18(14-27(32(2,28)29)17-12-8-5-9-13-17)22-25-21(26)31-15-19-23-24-20(30-19)16-10-6-4-7-11-16/h4-13H,3,14-15H2,1-2H3. The maximum Gasteiger partial charge on any atom is 0.247 e. The Morgan fingerprint density at radius 2 is 1.66 bits per heavy atom. The van der Waals surface area contributed by atoms with Crippen LogP contribution in [-0.2, 0) is 28.9 Å². The Balaban J connectivity index is 1.50. The molecule has 0 aliphatic rings. The van der Waals surface area contributed by atoms with Crippen LogP contribution in [0.1, 0.15) is 18.6 Å². The van der Waals surface area contributed by atoms with E-state index in [4.69, 9.17) is 4.42 Å². The summed E-state index contributed by atoms with van der Waals surface area (Å²) in [5, 5.41) is 17.4. The van der Waals surface area contributed by atoms with Crippen LogP contribution in [0, 0.1) is 0 Å². The van der Waals surface area contributed by atoms with Crippen LogP contribution < -0.4 is 4.31 Å². The molecule has 0 saturated carbocycles. The molecule has 2 aromatic carbocycles. The molecule has 11 heteroatoms. The average molecular weight is 471 g/mol. The molecule has 9 nitrogen and oxygen atoms in total. The number of para-hydroxylation sites is 1. The second-order valence-electron chi connectivity index (χ2n) is 6.90. The third kappa shape index (κ3) is 5.00. The van der Waals surface area contributed by atoms with E-state index in [0.717, 1.165) is 5.56 Å². The van der Waals surface area contributed by atoms with Crippen molar-refractivity contribution in [1.29, 1.82) is 0 Å².